The monoisotopic (exact) mass is 475 g/mol. The molecule has 9 heteroatoms. The first-order chi connectivity index (χ1) is 17.3. The van der Waals surface area contributed by atoms with Gasteiger partial charge in [-0.3, -0.25) is 10.1 Å². The molecule has 2 heterocycles. The molecule has 0 saturated heterocycles. The van der Waals surface area contributed by atoms with Crippen LogP contribution in [-0.2, 0) is 12.6 Å². The maximum Gasteiger partial charge on any atom is 0.270 e. The Balaban J connectivity index is 1.81. The lowest BCUT2D eigenvalue weighted by Crippen LogP contribution is -2.30. The summed E-state index contributed by atoms with van der Waals surface area (Å²) in [6, 6.07) is 21.5. The highest BCUT2D eigenvalue weighted by molar-refractivity contribution is 5.95. The van der Waals surface area contributed by atoms with Crippen LogP contribution in [0.25, 0.3) is 22.1 Å². The second-order valence-electron chi connectivity index (χ2n) is 8.26. The van der Waals surface area contributed by atoms with Crippen molar-refractivity contribution >= 4 is 16.7 Å². The van der Waals surface area contributed by atoms with Gasteiger partial charge in [0.1, 0.15) is 11.3 Å². The quantitative estimate of drug-likeness (QED) is 0.285. The number of non-ortho nitro benzene ring substituents is 1. The van der Waals surface area contributed by atoms with Gasteiger partial charge in [-0.05, 0) is 41.5 Å². The van der Waals surface area contributed by atoms with Gasteiger partial charge in [0.2, 0.25) is 0 Å². The Morgan fingerprint density at radius 1 is 1.06 bits per heavy atom. The lowest BCUT2D eigenvalue weighted by Gasteiger charge is -2.27. The van der Waals surface area contributed by atoms with E-state index in [4.69, 9.17) is 4.42 Å². The van der Waals surface area contributed by atoms with Gasteiger partial charge in [0.05, 0.1) is 46.4 Å². The number of nitrogens with zero attached hydrogens (tertiary/aromatic N) is 5. The van der Waals surface area contributed by atoms with Crippen molar-refractivity contribution in [1.82, 2.24) is 9.55 Å². The SMILES string of the molecule is Cn1cncc1[C@@](O)(c1ccc(C#N)cc1)c1cc2cc([N+](=O)[O-])cc(-c3cccc(C#N)c3)c2o1. The minimum Gasteiger partial charge on any atom is -0.456 e. The molecule has 0 radical (unpaired) electrons. The van der Waals surface area contributed by atoms with Crippen molar-refractivity contribution in [2.24, 2.45) is 7.05 Å². The van der Waals surface area contributed by atoms with E-state index in [2.05, 4.69) is 17.1 Å². The number of imidazole rings is 1. The summed E-state index contributed by atoms with van der Waals surface area (Å²) < 4.78 is 7.90. The number of hydrogen-bond acceptors (Lipinski definition) is 7. The number of hydrogen-bond donors (Lipinski definition) is 1. The topological polar surface area (TPSA) is 142 Å². The van der Waals surface area contributed by atoms with Crippen LogP contribution in [0, 0.1) is 32.8 Å². The zero-order valence-electron chi connectivity index (χ0n) is 18.9. The predicted molar refractivity (Wildman–Crippen MR) is 129 cm³/mol. The number of nitriles is 2. The van der Waals surface area contributed by atoms with Crippen molar-refractivity contribution in [3.63, 3.8) is 0 Å². The second-order valence-corrected chi connectivity index (χ2v) is 8.26. The lowest BCUT2D eigenvalue weighted by atomic mass is 9.87. The fraction of sp³-hybridized carbons (Fsp3) is 0.0741. The Morgan fingerprint density at radius 3 is 2.44 bits per heavy atom. The van der Waals surface area contributed by atoms with E-state index >= 15 is 0 Å². The number of rotatable bonds is 5. The zero-order valence-corrected chi connectivity index (χ0v) is 18.9. The van der Waals surface area contributed by atoms with Crippen molar-refractivity contribution in [3.8, 4) is 23.3 Å². The summed E-state index contributed by atoms with van der Waals surface area (Å²) in [6.07, 6.45) is 3.04. The van der Waals surface area contributed by atoms with Crippen LogP contribution in [0.5, 0.6) is 0 Å². The molecule has 0 amide bonds. The van der Waals surface area contributed by atoms with Crippen molar-refractivity contribution in [2.45, 2.75) is 5.60 Å². The molecule has 174 valence electrons. The van der Waals surface area contributed by atoms with Crippen LogP contribution in [0.4, 0.5) is 5.69 Å². The normalized spacial score (nSPS) is 12.6. The van der Waals surface area contributed by atoms with Gasteiger partial charge in [0.25, 0.3) is 5.69 Å². The Labute approximate surface area is 204 Å². The lowest BCUT2D eigenvalue weighted by molar-refractivity contribution is -0.384. The van der Waals surface area contributed by atoms with Crippen LogP contribution in [0.1, 0.15) is 28.1 Å². The largest absolute Gasteiger partial charge is 0.456 e. The van der Waals surface area contributed by atoms with E-state index in [1.54, 1.807) is 66.2 Å². The van der Waals surface area contributed by atoms with Gasteiger partial charge in [-0.15, -0.1) is 0 Å². The molecule has 0 bridgehead atoms. The van der Waals surface area contributed by atoms with E-state index in [0.29, 0.717) is 44.5 Å². The smallest absolute Gasteiger partial charge is 0.270 e. The van der Waals surface area contributed by atoms with Crippen molar-refractivity contribution in [3.05, 3.63) is 118 Å². The number of fused-ring (bicyclic) bond motifs is 1. The summed E-state index contributed by atoms with van der Waals surface area (Å²) in [5, 5.41) is 42.8. The third kappa shape index (κ3) is 3.57. The summed E-state index contributed by atoms with van der Waals surface area (Å²) in [7, 11) is 1.73. The molecule has 3 aromatic carbocycles. The molecule has 0 fully saturated rings. The highest BCUT2D eigenvalue weighted by Crippen LogP contribution is 2.42. The van der Waals surface area contributed by atoms with E-state index in [0.717, 1.165) is 0 Å². The van der Waals surface area contributed by atoms with Crippen LogP contribution in [0.2, 0.25) is 0 Å². The first-order valence-electron chi connectivity index (χ1n) is 10.8. The fourth-order valence-electron chi connectivity index (χ4n) is 4.30. The van der Waals surface area contributed by atoms with E-state index in [1.807, 2.05) is 0 Å². The first kappa shape index (κ1) is 22.5. The average molecular weight is 475 g/mol. The molecule has 5 aromatic rings. The number of nitro benzene ring substituents is 1. The summed E-state index contributed by atoms with van der Waals surface area (Å²) >= 11 is 0. The Morgan fingerprint density at radius 2 is 1.81 bits per heavy atom. The molecule has 2 aromatic heterocycles. The summed E-state index contributed by atoms with van der Waals surface area (Å²) in [5.74, 6) is 0.115. The van der Waals surface area contributed by atoms with Crippen molar-refractivity contribution in [2.75, 3.05) is 0 Å². The van der Waals surface area contributed by atoms with E-state index in [9.17, 15) is 25.7 Å². The van der Waals surface area contributed by atoms with Gasteiger partial charge in [-0.25, -0.2) is 4.98 Å². The maximum absolute atomic E-state index is 12.2. The molecular weight excluding hydrogens is 458 g/mol. The third-order valence-corrected chi connectivity index (χ3v) is 6.09. The number of nitro groups is 1. The molecule has 0 aliphatic carbocycles. The van der Waals surface area contributed by atoms with Gasteiger partial charge in [-0.2, -0.15) is 10.5 Å². The summed E-state index contributed by atoms with van der Waals surface area (Å²) in [5.41, 5.74) is 0.948. The predicted octanol–water partition coefficient (Wildman–Crippen LogP) is 4.77. The number of benzene rings is 3. The minimum atomic E-state index is -1.82. The van der Waals surface area contributed by atoms with E-state index in [-0.39, 0.29) is 11.4 Å². The second kappa shape index (κ2) is 8.51. The Kier molecular flexibility index (Phi) is 5.33. The van der Waals surface area contributed by atoms with Gasteiger partial charge < -0.3 is 14.1 Å². The van der Waals surface area contributed by atoms with Crippen LogP contribution in [0.3, 0.4) is 0 Å². The van der Waals surface area contributed by atoms with Crippen molar-refractivity contribution in [1.29, 1.82) is 10.5 Å². The molecule has 0 spiro atoms. The molecule has 0 aliphatic rings. The molecular formula is C27H17N5O4. The molecule has 0 saturated carbocycles. The third-order valence-electron chi connectivity index (χ3n) is 6.09. The van der Waals surface area contributed by atoms with E-state index in [1.165, 1.54) is 24.7 Å². The van der Waals surface area contributed by atoms with Gasteiger partial charge >= 0.3 is 0 Å². The number of aryl methyl sites for hydroxylation is 1. The van der Waals surface area contributed by atoms with Crippen LogP contribution in [-0.4, -0.2) is 19.6 Å². The van der Waals surface area contributed by atoms with Crippen molar-refractivity contribution < 1.29 is 14.4 Å². The van der Waals surface area contributed by atoms with Gasteiger partial charge in [0.15, 0.2) is 5.60 Å². The van der Waals surface area contributed by atoms with E-state index < -0.39 is 10.5 Å². The molecule has 36 heavy (non-hydrogen) atoms. The van der Waals surface area contributed by atoms with Gasteiger partial charge in [-0.1, -0.05) is 24.3 Å². The molecule has 5 rings (SSSR count). The molecule has 1 N–H and O–H groups in total. The summed E-state index contributed by atoms with van der Waals surface area (Å²) in [4.78, 5) is 15.3. The average Bonchev–Trinajstić information content (AvgIpc) is 3.54. The molecule has 1 atom stereocenters. The fourth-order valence-corrected chi connectivity index (χ4v) is 4.30. The minimum absolute atomic E-state index is 0.115. The Hall–Kier alpha value is -5.25. The standard InChI is InChI=1S/C27H17N5O4/c1-31-16-30-15-24(31)27(33,21-7-5-17(13-28)6-8-21)25-11-20-10-22(32(34)35)12-23(26(20)36-25)19-4-2-3-18(9-19)14-29/h2-12,15-16,33H,1H3/t27-/m0/s1. The highest BCUT2D eigenvalue weighted by atomic mass is 16.6. The number of aromatic nitrogens is 2. The Bertz CT molecular complexity index is 1720. The zero-order chi connectivity index (χ0) is 25.4. The van der Waals surface area contributed by atoms with Crippen LogP contribution in [0.15, 0.2) is 83.7 Å². The molecule has 0 aliphatic heterocycles. The molecule has 0 unspecified atom stereocenters. The van der Waals surface area contributed by atoms with Crippen LogP contribution < -0.4 is 0 Å². The van der Waals surface area contributed by atoms with Gasteiger partial charge in [0, 0.05) is 30.1 Å². The first-order valence-corrected chi connectivity index (χ1v) is 10.8. The number of aliphatic hydroxyl groups is 1. The maximum atomic E-state index is 12.2. The highest BCUT2D eigenvalue weighted by Gasteiger charge is 2.40. The summed E-state index contributed by atoms with van der Waals surface area (Å²) in [6.45, 7) is 0. The van der Waals surface area contributed by atoms with Crippen LogP contribution >= 0.6 is 0 Å². The number of furan rings is 1. The molecule has 9 nitrogen and oxygen atoms in total.